The molecule has 0 spiro atoms. The second kappa shape index (κ2) is 7.64. The van der Waals surface area contributed by atoms with Crippen LogP contribution < -0.4 is 0 Å². The third kappa shape index (κ3) is 4.16. The lowest BCUT2D eigenvalue weighted by Gasteiger charge is -2.09. The Morgan fingerprint density at radius 3 is 2.04 bits per heavy atom. The van der Waals surface area contributed by atoms with Gasteiger partial charge in [0.05, 0.1) is 5.56 Å². The van der Waals surface area contributed by atoms with E-state index in [-0.39, 0.29) is 12.6 Å². The highest BCUT2D eigenvalue weighted by molar-refractivity contribution is 14.1. The number of rotatable bonds is 3. The van der Waals surface area contributed by atoms with E-state index in [1.165, 1.54) is 7.14 Å². The van der Waals surface area contributed by atoms with Gasteiger partial charge in [0.1, 0.15) is 6.61 Å². The SMILES string of the molecule is O=C(OCc1ccccc1)c1cc2cc(I)c(I)cc2cc1I. The fraction of sp³-hybridized carbons (Fsp3) is 0.0556. The summed E-state index contributed by atoms with van der Waals surface area (Å²) >= 11 is 6.83. The number of halogens is 3. The number of benzene rings is 3. The Labute approximate surface area is 175 Å². The zero-order valence-electron chi connectivity index (χ0n) is 11.9. The van der Waals surface area contributed by atoms with Gasteiger partial charge in [-0.25, -0.2) is 4.79 Å². The minimum absolute atomic E-state index is 0.284. The summed E-state index contributed by atoms with van der Waals surface area (Å²) in [5.41, 5.74) is 1.60. The molecule has 0 bridgehead atoms. The van der Waals surface area contributed by atoms with Crippen molar-refractivity contribution in [3.63, 3.8) is 0 Å². The van der Waals surface area contributed by atoms with Crippen LogP contribution in [0.25, 0.3) is 10.8 Å². The summed E-state index contributed by atoms with van der Waals surface area (Å²) in [5, 5.41) is 2.20. The predicted octanol–water partition coefficient (Wildman–Crippen LogP) is 6.01. The fourth-order valence-corrected chi connectivity index (χ4v) is 3.92. The number of carbonyl (C=O) groups excluding carboxylic acids is 1. The second-order valence-electron chi connectivity index (χ2n) is 5.01. The maximum atomic E-state index is 12.4. The molecule has 5 heteroatoms. The summed E-state index contributed by atoms with van der Waals surface area (Å²) < 4.78 is 8.75. The van der Waals surface area contributed by atoms with Crippen LogP contribution in [0.1, 0.15) is 15.9 Å². The van der Waals surface area contributed by atoms with Crippen molar-refractivity contribution in [2.75, 3.05) is 0 Å². The maximum absolute atomic E-state index is 12.4. The lowest BCUT2D eigenvalue weighted by Crippen LogP contribution is -2.07. The highest BCUT2D eigenvalue weighted by atomic mass is 127. The van der Waals surface area contributed by atoms with E-state index in [0.29, 0.717) is 5.56 Å². The molecule has 116 valence electrons. The molecule has 3 aromatic carbocycles. The Morgan fingerprint density at radius 2 is 1.39 bits per heavy atom. The number of fused-ring (bicyclic) bond motifs is 1. The van der Waals surface area contributed by atoms with Crippen LogP contribution in [0.3, 0.4) is 0 Å². The summed E-state index contributed by atoms with van der Waals surface area (Å²) in [5.74, 6) is -0.284. The van der Waals surface area contributed by atoms with Gasteiger partial charge >= 0.3 is 5.97 Å². The molecule has 3 aromatic rings. The molecule has 0 unspecified atom stereocenters. The van der Waals surface area contributed by atoms with Crippen LogP contribution in [0.15, 0.2) is 54.6 Å². The van der Waals surface area contributed by atoms with E-state index >= 15 is 0 Å². The normalized spacial score (nSPS) is 10.7. The molecule has 0 N–H and O–H groups in total. The third-order valence-corrected chi connectivity index (χ3v) is 7.11. The van der Waals surface area contributed by atoms with Crippen molar-refractivity contribution < 1.29 is 9.53 Å². The van der Waals surface area contributed by atoms with Gasteiger partial charge in [-0.1, -0.05) is 30.3 Å². The number of carbonyl (C=O) groups is 1. The molecule has 0 atom stereocenters. The van der Waals surface area contributed by atoms with Gasteiger partial charge in [-0.3, -0.25) is 0 Å². The standard InChI is InChI=1S/C18H11I3O2/c19-15-7-13-9-17(21)16(20)8-12(13)6-14(15)18(22)23-10-11-4-2-1-3-5-11/h1-9H,10H2. The van der Waals surface area contributed by atoms with Crippen molar-refractivity contribution in [2.45, 2.75) is 6.61 Å². The summed E-state index contributed by atoms with van der Waals surface area (Å²) in [6.45, 7) is 0.290. The van der Waals surface area contributed by atoms with Gasteiger partial charge in [0, 0.05) is 10.7 Å². The molecule has 0 saturated heterocycles. The molecule has 0 aliphatic carbocycles. The largest absolute Gasteiger partial charge is 0.457 e. The number of esters is 1. The number of hydrogen-bond acceptors (Lipinski definition) is 2. The van der Waals surface area contributed by atoms with Gasteiger partial charge in [-0.05, 0) is 108 Å². The zero-order chi connectivity index (χ0) is 16.4. The summed E-state index contributed by atoms with van der Waals surface area (Å²) in [7, 11) is 0. The molecule has 23 heavy (non-hydrogen) atoms. The average molecular weight is 640 g/mol. The first kappa shape index (κ1) is 17.4. The van der Waals surface area contributed by atoms with E-state index in [1.54, 1.807) is 0 Å². The fourth-order valence-electron chi connectivity index (χ4n) is 2.22. The molecule has 3 rings (SSSR count). The van der Waals surface area contributed by atoms with E-state index in [2.05, 4.69) is 79.9 Å². The van der Waals surface area contributed by atoms with E-state index in [1.807, 2.05) is 42.5 Å². The Bertz CT molecular complexity index is 876. The Balaban J connectivity index is 1.88. The molecule has 0 saturated carbocycles. The van der Waals surface area contributed by atoms with Crippen molar-refractivity contribution in [3.05, 3.63) is 76.4 Å². The van der Waals surface area contributed by atoms with Gasteiger partial charge in [-0.15, -0.1) is 0 Å². The lowest BCUT2D eigenvalue weighted by molar-refractivity contribution is 0.0471. The average Bonchev–Trinajstić information content (AvgIpc) is 2.55. The van der Waals surface area contributed by atoms with Crippen LogP contribution in [0.2, 0.25) is 0 Å². The number of ether oxygens (including phenoxy) is 1. The van der Waals surface area contributed by atoms with E-state index < -0.39 is 0 Å². The van der Waals surface area contributed by atoms with Crippen molar-refractivity contribution in [1.29, 1.82) is 0 Å². The minimum Gasteiger partial charge on any atom is -0.457 e. The molecule has 0 aromatic heterocycles. The van der Waals surface area contributed by atoms with Crippen LogP contribution in [0.5, 0.6) is 0 Å². The first-order valence-corrected chi connectivity index (χ1v) is 10.1. The van der Waals surface area contributed by atoms with E-state index in [9.17, 15) is 4.79 Å². The van der Waals surface area contributed by atoms with Gasteiger partial charge in [-0.2, -0.15) is 0 Å². The molecule has 0 aliphatic heterocycles. The molecular weight excluding hydrogens is 629 g/mol. The van der Waals surface area contributed by atoms with Crippen molar-refractivity contribution >= 4 is 84.5 Å². The van der Waals surface area contributed by atoms with Crippen molar-refractivity contribution in [2.24, 2.45) is 0 Å². The third-order valence-electron chi connectivity index (χ3n) is 3.40. The van der Waals surface area contributed by atoms with Crippen molar-refractivity contribution in [3.8, 4) is 0 Å². The lowest BCUT2D eigenvalue weighted by atomic mass is 10.1. The van der Waals surface area contributed by atoms with Gasteiger partial charge in [0.2, 0.25) is 0 Å². The molecule has 0 heterocycles. The van der Waals surface area contributed by atoms with Crippen LogP contribution in [-0.2, 0) is 11.3 Å². The Morgan fingerprint density at radius 1 is 0.826 bits per heavy atom. The monoisotopic (exact) mass is 640 g/mol. The smallest absolute Gasteiger partial charge is 0.339 e. The summed E-state index contributed by atoms with van der Waals surface area (Å²) in [6, 6.07) is 17.9. The van der Waals surface area contributed by atoms with E-state index in [0.717, 1.165) is 19.9 Å². The molecule has 0 radical (unpaired) electrons. The Kier molecular flexibility index (Phi) is 5.78. The first-order valence-electron chi connectivity index (χ1n) is 6.84. The van der Waals surface area contributed by atoms with Crippen LogP contribution in [0.4, 0.5) is 0 Å². The number of hydrogen-bond donors (Lipinski definition) is 0. The zero-order valence-corrected chi connectivity index (χ0v) is 18.3. The second-order valence-corrected chi connectivity index (χ2v) is 8.49. The molecule has 0 amide bonds. The van der Waals surface area contributed by atoms with Gasteiger partial charge in [0.25, 0.3) is 0 Å². The van der Waals surface area contributed by atoms with Crippen LogP contribution in [-0.4, -0.2) is 5.97 Å². The first-order chi connectivity index (χ1) is 11.0. The van der Waals surface area contributed by atoms with Gasteiger partial charge < -0.3 is 4.74 Å². The molecule has 2 nitrogen and oxygen atoms in total. The summed E-state index contributed by atoms with van der Waals surface area (Å²) in [4.78, 5) is 12.4. The predicted molar refractivity (Wildman–Crippen MR) is 118 cm³/mol. The highest BCUT2D eigenvalue weighted by Gasteiger charge is 2.14. The minimum atomic E-state index is -0.284. The molecular formula is C18H11I3O2. The van der Waals surface area contributed by atoms with Crippen LogP contribution in [0, 0.1) is 10.7 Å². The highest BCUT2D eigenvalue weighted by Crippen LogP contribution is 2.27. The molecule has 0 fully saturated rings. The maximum Gasteiger partial charge on any atom is 0.339 e. The van der Waals surface area contributed by atoms with E-state index in [4.69, 9.17) is 4.74 Å². The van der Waals surface area contributed by atoms with Crippen LogP contribution >= 0.6 is 67.8 Å². The quantitative estimate of drug-likeness (QED) is 0.259. The summed E-state index contributed by atoms with van der Waals surface area (Å²) in [6.07, 6.45) is 0. The Hall–Kier alpha value is -0.420. The molecule has 0 aliphatic rings. The van der Waals surface area contributed by atoms with Gasteiger partial charge in [0.15, 0.2) is 0 Å². The topological polar surface area (TPSA) is 26.3 Å². The van der Waals surface area contributed by atoms with Crippen molar-refractivity contribution in [1.82, 2.24) is 0 Å².